The van der Waals surface area contributed by atoms with Gasteiger partial charge in [-0.3, -0.25) is 5.43 Å². The fourth-order valence-electron chi connectivity index (χ4n) is 2.04. The molecule has 1 aromatic rings. The number of hydrogen-bond donors (Lipinski definition) is 2. The minimum Gasteiger partial charge on any atom is -0.489 e. The predicted octanol–water partition coefficient (Wildman–Crippen LogP) is 1.49. The summed E-state index contributed by atoms with van der Waals surface area (Å²) in [6.07, 6.45) is -0.601. The Morgan fingerprint density at radius 3 is 2.67 bits per heavy atom. The van der Waals surface area contributed by atoms with E-state index < -0.39 is 6.10 Å². The van der Waals surface area contributed by atoms with Gasteiger partial charge in [0.05, 0.1) is 5.02 Å². The highest BCUT2D eigenvalue weighted by Gasteiger charge is 2.15. The lowest BCUT2D eigenvalue weighted by molar-refractivity contribution is 0.0549. The molecular weight excluding hydrogens is 313 g/mol. The van der Waals surface area contributed by atoms with E-state index in [9.17, 15) is 5.11 Å². The third kappa shape index (κ3) is 5.62. The number of piperazine rings is 1. The first-order valence-corrected chi connectivity index (χ1v) is 7.73. The third-order valence-corrected chi connectivity index (χ3v) is 3.91. The Morgan fingerprint density at radius 1 is 1.29 bits per heavy atom. The van der Waals surface area contributed by atoms with Crippen LogP contribution in [0.5, 0.6) is 5.75 Å². The molecule has 0 aliphatic carbocycles. The van der Waals surface area contributed by atoms with Crippen molar-refractivity contribution in [3.05, 3.63) is 28.2 Å². The lowest BCUT2D eigenvalue weighted by Crippen LogP contribution is -2.52. The molecule has 1 heterocycles. The summed E-state index contributed by atoms with van der Waals surface area (Å²) in [4.78, 5) is 2.28. The van der Waals surface area contributed by atoms with Crippen molar-refractivity contribution >= 4 is 23.2 Å². The predicted molar refractivity (Wildman–Crippen MR) is 85.0 cm³/mol. The first-order valence-electron chi connectivity index (χ1n) is 6.97. The van der Waals surface area contributed by atoms with Crippen molar-refractivity contribution in [3.63, 3.8) is 0 Å². The van der Waals surface area contributed by atoms with E-state index in [4.69, 9.17) is 27.9 Å². The van der Waals surface area contributed by atoms with Gasteiger partial charge in [0.25, 0.3) is 0 Å². The Kier molecular flexibility index (Phi) is 6.54. The Balaban J connectivity index is 1.68. The smallest absolute Gasteiger partial charge is 0.138 e. The lowest BCUT2D eigenvalue weighted by atomic mass is 10.3. The number of hydrogen-bond acceptors (Lipinski definition) is 5. The van der Waals surface area contributed by atoms with Crippen LogP contribution in [0.3, 0.4) is 0 Å². The van der Waals surface area contributed by atoms with E-state index in [0.717, 1.165) is 26.2 Å². The lowest BCUT2D eigenvalue weighted by Gasteiger charge is -2.33. The molecule has 7 heteroatoms. The highest BCUT2D eigenvalue weighted by atomic mass is 35.5. The van der Waals surface area contributed by atoms with Gasteiger partial charge in [-0.15, -0.1) is 0 Å². The van der Waals surface area contributed by atoms with E-state index in [1.54, 1.807) is 18.2 Å². The van der Waals surface area contributed by atoms with Gasteiger partial charge >= 0.3 is 0 Å². The normalized spacial score (nSPS) is 18.7. The summed E-state index contributed by atoms with van der Waals surface area (Å²) in [6, 6.07) is 5.02. The summed E-state index contributed by atoms with van der Waals surface area (Å²) >= 11 is 11.8. The maximum Gasteiger partial charge on any atom is 0.138 e. The van der Waals surface area contributed by atoms with Crippen molar-refractivity contribution in [3.8, 4) is 5.75 Å². The van der Waals surface area contributed by atoms with Crippen LogP contribution in [0.25, 0.3) is 0 Å². The monoisotopic (exact) mass is 333 g/mol. The number of nitrogens with zero attached hydrogens (tertiary/aromatic N) is 2. The molecule has 1 aliphatic heterocycles. The molecule has 1 aromatic carbocycles. The molecule has 0 aromatic heterocycles. The Labute approximate surface area is 135 Å². The third-order valence-electron chi connectivity index (χ3n) is 3.38. The van der Waals surface area contributed by atoms with Crippen molar-refractivity contribution in [2.45, 2.75) is 6.10 Å². The van der Waals surface area contributed by atoms with E-state index in [2.05, 4.69) is 22.4 Å². The molecule has 1 unspecified atom stereocenters. The van der Waals surface area contributed by atoms with Crippen molar-refractivity contribution in [2.24, 2.45) is 0 Å². The van der Waals surface area contributed by atoms with E-state index in [0.29, 0.717) is 22.3 Å². The molecule has 0 amide bonds. The summed E-state index contributed by atoms with van der Waals surface area (Å²) < 4.78 is 5.50. The number of aliphatic hydroxyl groups is 1. The zero-order valence-corrected chi connectivity index (χ0v) is 13.6. The summed E-state index contributed by atoms with van der Waals surface area (Å²) in [7, 11) is 2.11. The molecule has 2 rings (SSSR count). The van der Waals surface area contributed by atoms with Crippen molar-refractivity contribution in [1.82, 2.24) is 15.3 Å². The molecule has 118 valence electrons. The highest BCUT2D eigenvalue weighted by molar-refractivity contribution is 6.35. The van der Waals surface area contributed by atoms with E-state index in [-0.39, 0.29) is 6.61 Å². The quantitative estimate of drug-likeness (QED) is 0.825. The molecule has 0 spiro atoms. The number of likely N-dealkylation sites (N-methyl/N-ethyl adjacent to an activating group) is 1. The molecule has 0 saturated carbocycles. The first-order chi connectivity index (χ1) is 10.0. The SMILES string of the molecule is CN1CCN(NCC(O)COc2ccc(Cl)cc2Cl)CC1. The number of halogens is 2. The van der Waals surface area contributed by atoms with Crippen LogP contribution >= 0.6 is 23.2 Å². The molecule has 0 bridgehead atoms. The van der Waals surface area contributed by atoms with Crippen LogP contribution in [0.2, 0.25) is 10.0 Å². The molecule has 0 radical (unpaired) electrons. The van der Waals surface area contributed by atoms with Gasteiger partial charge in [0.2, 0.25) is 0 Å². The maximum atomic E-state index is 9.94. The van der Waals surface area contributed by atoms with Gasteiger partial charge in [-0.25, -0.2) is 5.01 Å². The molecule has 2 N–H and O–H groups in total. The van der Waals surface area contributed by atoms with Crippen LogP contribution in [0.4, 0.5) is 0 Å². The molecule has 21 heavy (non-hydrogen) atoms. The molecule has 1 fully saturated rings. The Bertz CT molecular complexity index is 454. The zero-order chi connectivity index (χ0) is 15.2. The number of hydrazine groups is 1. The summed E-state index contributed by atoms with van der Waals surface area (Å²) in [6.45, 7) is 4.59. The number of benzene rings is 1. The molecule has 5 nitrogen and oxygen atoms in total. The largest absolute Gasteiger partial charge is 0.489 e. The number of ether oxygens (including phenoxy) is 1. The standard InChI is InChI=1S/C14H21Cl2N3O2/c1-18-4-6-19(7-5-18)17-9-12(20)10-21-14-3-2-11(15)8-13(14)16/h2-3,8,12,17,20H,4-7,9-10H2,1H3. The van der Waals surface area contributed by atoms with Gasteiger partial charge < -0.3 is 14.7 Å². The second-order valence-electron chi connectivity index (χ2n) is 5.19. The average molecular weight is 334 g/mol. The topological polar surface area (TPSA) is 48.0 Å². The fourth-order valence-corrected chi connectivity index (χ4v) is 2.50. The zero-order valence-electron chi connectivity index (χ0n) is 12.1. The van der Waals surface area contributed by atoms with Crippen LogP contribution < -0.4 is 10.2 Å². The summed E-state index contributed by atoms with van der Waals surface area (Å²) in [5.74, 6) is 0.528. The molecule has 1 atom stereocenters. The molecule has 1 aliphatic rings. The van der Waals surface area contributed by atoms with Crippen molar-refractivity contribution in [1.29, 1.82) is 0 Å². The Morgan fingerprint density at radius 2 is 2.00 bits per heavy atom. The van der Waals surface area contributed by atoms with Crippen LogP contribution in [-0.4, -0.2) is 67.5 Å². The molecule has 1 saturated heterocycles. The van der Waals surface area contributed by atoms with E-state index >= 15 is 0 Å². The van der Waals surface area contributed by atoms with Gasteiger partial charge in [0.1, 0.15) is 18.5 Å². The summed E-state index contributed by atoms with van der Waals surface area (Å²) in [5, 5.41) is 13.1. The Hall–Kier alpha value is -0.560. The second kappa shape index (κ2) is 8.17. The number of rotatable bonds is 6. The number of aliphatic hydroxyl groups excluding tert-OH is 1. The minimum atomic E-state index is -0.601. The summed E-state index contributed by atoms with van der Waals surface area (Å²) in [5.41, 5.74) is 3.22. The van der Waals surface area contributed by atoms with Crippen LogP contribution in [0, 0.1) is 0 Å². The van der Waals surface area contributed by atoms with Crippen LogP contribution in [0.1, 0.15) is 0 Å². The first kappa shape index (κ1) is 16.8. The maximum absolute atomic E-state index is 9.94. The van der Waals surface area contributed by atoms with Gasteiger partial charge in [-0.1, -0.05) is 23.2 Å². The van der Waals surface area contributed by atoms with Gasteiger partial charge in [-0.2, -0.15) is 0 Å². The van der Waals surface area contributed by atoms with Crippen LogP contribution in [-0.2, 0) is 0 Å². The van der Waals surface area contributed by atoms with Gasteiger partial charge in [-0.05, 0) is 25.2 Å². The van der Waals surface area contributed by atoms with Gasteiger partial charge in [0, 0.05) is 37.7 Å². The van der Waals surface area contributed by atoms with E-state index in [1.807, 2.05) is 0 Å². The van der Waals surface area contributed by atoms with Gasteiger partial charge in [0.15, 0.2) is 0 Å². The minimum absolute atomic E-state index is 0.183. The van der Waals surface area contributed by atoms with Crippen molar-refractivity contribution < 1.29 is 9.84 Å². The van der Waals surface area contributed by atoms with E-state index in [1.165, 1.54) is 0 Å². The van der Waals surface area contributed by atoms with Crippen LogP contribution in [0.15, 0.2) is 18.2 Å². The second-order valence-corrected chi connectivity index (χ2v) is 6.04. The molecular formula is C14H21Cl2N3O2. The van der Waals surface area contributed by atoms with Crippen molar-refractivity contribution in [2.75, 3.05) is 46.4 Å². The highest BCUT2D eigenvalue weighted by Crippen LogP contribution is 2.27. The number of nitrogens with one attached hydrogen (secondary N) is 1. The average Bonchev–Trinajstić information content (AvgIpc) is 2.46. The fraction of sp³-hybridized carbons (Fsp3) is 0.571.